The van der Waals surface area contributed by atoms with Crippen molar-refractivity contribution < 1.29 is 5.11 Å². The molecule has 1 heterocycles. The van der Waals surface area contributed by atoms with Gasteiger partial charge >= 0.3 is 0 Å². The highest BCUT2D eigenvalue weighted by atomic mass is 16.3. The molecule has 1 rings (SSSR count). The van der Waals surface area contributed by atoms with Crippen LogP contribution in [0.25, 0.3) is 0 Å². The van der Waals surface area contributed by atoms with Gasteiger partial charge in [-0.15, -0.1) is 0 Å². The predicted molar refractivity (Wildman–Crippen MR) is 62.8 cm³/mol. The van der Waals surface area contributed by atoms with Crippen LogP contribution in [0.15, 0.2) is 18.5 Å². The van der Waals surface area contributed by atoms with E-state index in [0.29, 0.717) is 12.6 Å². The van der Waals surface area contributed by atoms with E-state index in [9.17, 15) is 5.11 Å². The molecule has 0 aliphatic rings. The third kappa shape index (κ3) is 3.68. The average molecular weight is 210 g/mol. The first-order valence-electron chi connectivity index (χ1n) is 5.74. The van der Waals surface area contributed by atoms with Gasteiger partial charge in [-0.1, -0.05) is 13.8 Å². The molecule has 86 valence electrons. The summed E-state index contributed by atoms with van der Waals surface area (Å²) in [7, 11) is 0. The lowest BCUT2D eigenvalue weighted by Crippen LogP contribution is -2.19. The van der Waals surface area contributed by atoms with Gasteiger partial charge in [-0.2, -0.15) is 0 Å². The fraction of sp³-hybridized carbons (Fsp3) is 0.667. The summed E-state index contributed by atoms with van der Waals surface area (Å²) in [6.07, 6.45) is 4.95. The summed E-state index contributed by atoms with van der Waals surface area (Å²) in [4.78, 5) is 0. The monoisotopic (exact) mass is 210 g/mol. The van der Waals surface area contributed by atoms with E-state index in [1.165, 1.54) is 5.56 Å². The first-order valence-corrected chi connectivity index (χ1v) is 5.74. The summed E-state index contributed by atoms with van der Waals surface area (Å²) >= 11 is 0. The summed E-state index contributed by atoms with van der Waals surface area (Å²) in [6.45, 7) is 7.76. The summed E-state index contributed by atoms with van der Waals surface area (Å²) in [6, 6.07) is 2.56. The second-order valence-electron chi connectivity index (χ2n) is 4.01. The van der Waals surface area contributed by atoms with Crippen LogP contribution in [0.2, 0.25) is 0 Å². The Morgan fingerprint density at radius 3 is 2.73 bits per heavy atom. The molecule has 15 heavy (non-hydrogen) atoms. The second-order valence-corrected chi connectivity index (χ2v) is 4.01. The van der Waals surface area contributed by atoms with E-state index in [-0.39, 0.29) is 6.10 Å². The maximum Gasteiger partial charge on any atom is 0.0690 e. The molecule has 0 aromatic carbocycles. The number of aromatic nitrogens is 1. The van der Waals surface area contributed by atoms with E-state index >= 15 is 0 Å². The van der Waals surface area contributed by atoms with Gasteiger partial charge in [0.05, 0.1) is 6.10 Å². The van der Waals surface area contributed by atoms with Crippen molar-refractivity contribution in [2.24, 2.45) is 0 Å². The van der Waals surface area contributed by atoms with Crippen molar-refractivity contribution in [3.63, 3.8) is 0 Å². The van der Waals surface area contributed by atoms with Crippen LogP contribution in [-0.2, 0) is 6.54 Å². The van der Waals surface area contributed by atoms with Crippen LogP contribution in [0.3, 0.4) is 0 Å². The lowest BCUT2D eigenvalue weighted by atomic mass is 10.1. The normalized spacial score (nSPS) is 15.2. The Morgan fingerprint density at radius 1 is 1.47 bits per heavy atom. The van der Waals surface area contributed by atoms with Gasteiger partial charge in [0.2, 0.25) is 0 Å². The van der Waals surface area contributed by atoms with E-state index in [1.54, 1.807) is 6.92 Å². The number of aliphatic hydroxyl groups excluding tert-OH is 1. The summed E-state index contributed by atoms with van der Waals surface area (Å²) in [5, 5.41) is 12.7. The van der Waals surface area contributed by atoms with Crippen molar-refractivity contribution in [3.8, 4) is 0 Å². The lowest BCUT2D eigenvalue weighted by molar-refractivity contribution is 0.173. The van der Waals surface area contributed by atoms with Crippen LogP contribution >= 0.6 is 0 Å². The molecule has 0 fully saturated rings. The molecule has 0 amide bonds. The molecular formula is C12H22N2O. The minimum atomic E-state index is -0.288. The SMILES string of the molecule is CCNC(CC)c1ccn(CC(C)O)c1. The molecule has 0 bridgehead atoms. The molecule has 0 spiro atoms. The zero-order chi connectivity index (χ0) is 11.3. The topological polar surface area (TPSA) is 37.2 Å². The standard InChI is InChI=1S/C12H22N2O/c1-4-12(13-5-2)11-6-7-14(9-11)8-10(3)15/h6-7,9-10,12-13,15H,4-5,8H2,1-3H3. The Balaban J connectivity index is 2.64. The highest BCUT2D eigenvalue weighted by molar-refractivity contribution is 5.15. The molecule has 0 saturated heterocycles. The molecular weight excluding hydrogens is 188 g/mol. The van der Waals surface area contributed by atoms with E-state index in [1.807, 2.05) is 10.8 Å². The van der Waals surface area contributed by atoms with Gasteiger partial charge in [0, 0.05) is 25.0 Å². The zero-order valence-corrected chi connectivity index (χ0v) is 9.90. The Morgan fingerprint density at radius 2 is 2.20 bits per heavy atom. The Labute approximate surface area is 92.1 Å². The summed E-state index contributed by atoms with van der Waals surface area (Å²) < 4.78 is 2.04. The lowest BCUT2D eigenvalue weighted by Gasteiger charge is -2.14. The number of nitrogens with zero attached hydrogens (tertiary/aromatic N) is 1. The number of aliphatic hydroxyl groups is 1. The molecule has 1 aromatic rings. The molecule has 0 saturated carbocycles. The molecule has 2 unspecified atom stereocenters. The Kier molecular flexibility index (Phi) is 4.85. The smallest absolute Gasteiger partial charge is 0.0690 e. The van der Waals surface area contributed by atoms with Gasteiger partial charge in [-0.3, -0.25) is 0 Å². The van der Waals surface area contributed by atoms with Gasteiger partial charge in [0.1, 0.15) is 0 Å². The quantitative estimate of drug-likeness (QED) is 0.753. The molecule has 2 atom stereocenters. The summed E-state index contributed by atoms with van der Waals surface area (Å²) in [5.41, 5.74) is 1.31. The van der Waals surface area contributed by atoms with Crippen molar-refractivity contribution in [1.29, 1.82) is 0 Å². The van der Waals surface area contributed by atoms with Gasteiger partial charge in [-0.25, -0.2) is 0 Å². The van der Waals surface area contributed by atoms with Crippen LogP contribution in [0.4, 0.5) is 0 Å². The van der Waals surface area contributed by atoms with Crippen molar-refractivity contribution in [2.45, 2.75) is 45.9 Å². The van der Waals surface area contributed by atoms with Crippen LogP contribution in [0, 0.1) is 0 Å². The number of hydrogen-bond acceptors (Lipinski definition) is 2. The molecule has 1 aromatic heterocycles. The Hall–Kier alpha value is -0.800. The van der Waals surface area contributed by atoms with E-state index in [4.69, 9.17) is 0 Å². The van der Waals surface area contributed by atoms with Crippen LogP contribution < -0.4 is 5.32 Å². The maximum absolute atomic E-state index is 9.28. The van der Waals surface area contributed by atoms with Crippen LogP contribution in [0.1, 0.15) is 38.8 Å². The van der Waals surface area contributed by atoms with E-state index in [2.05, 4.69) is 31.4 Å². The van der Waals surface area contributed by atoms with Crippen molar-refractivity contribution in [2.75, 3.05) is 6.54 Å². The number of hydrogen-bond donors (Lipinski definition) is 2. The average Bonchev–Trinajstić information content (AvgIpc) is 2.61. The van der Waals surface area contributed by atoms with Crippen molar-refractivity contribution in [3.05, 3.63) is 24.0 Å². The third-order valence-electron chi connectivity index (χ3n) is 2.51. The zero-order valence-electron chi connectivity index (χ0n) is 9.90. The minimum absolute atomic E-state index is 0.288. The minimum Gasteiger partial charge on any atom is -0.392 e. The van der Waals surface area contributed by atoms with Crippen molar-refractivity contribution >= 4 is 0 Å². The van der Waals surface area contributed by atoms with Gasteiger partial charge in [-0.05, 0) is 31.5 Å². The van der Waals surface area contributed by atoms with Gasteiger partial charge in [0.15, 0.2) is 0 Å². The fourth-order valence-electron chi connectivity index (χ4n) is 1.83. The predicted octanol–water partition coefficient (Wildman–Crippen LogP) is 1.93. The molecule has 0 radical (unpaired) electrons. The highest BCUT2D eigenvalue weighted by Gasteiger charge is 2.09. The highest BCUT2D eigenvalue weighted by Crippen LogP contribution is 2.16. The third-order valence-corrected chi connectivity index (χ3v) is 2.51. The number of nitrogens with one attached hydrogen (secondary N) is 1. The van der Waals surface area contributed by atoms with E-state index in [0.717, 1.165) is 13.0 Å². The number of rotatable bonds is 6. The van der Waals surface area contributed by atoms with Crippen molar-refractivity contribution in [1.82, 2.24) is 9.88 Å². The van der Waals surface area contributed by atoms with Crippen LogP contribution in [0.5, 0.6) is 0 Å². The van der Waals surface area contributed by atoms with Gasteiger partial charge in [0.25, 0.3) is 0 Å². The molecule has 0 aliphatic carbocycles. The fourth-order valence-corrected chi connectivity index (χ4v) is 1.83. The molecule has 3 nitrogen and oxygen atoms in total. The van der Waals surface area contributed by atoms with Crippen LogP contribution in [-0.4, -0.2) is 22.3 Å². The molecule has 0 aliphatic heterocycles. The maximum atomic E-state index is 9.28. The molecule has 2 N–H and O–H groups in total. The Bertz CT molecular complexity index is 281. The molecule has 3 heteroatoms. The summed E-state index contributed by atoms with van der Waals surface area (Å²) in [5.74, 6) is 0. The first-order chi connectivity index (χ1) is 7.17. The first kappa shape index (κ1) is 12.3. The largest absolute Gasteiger partial charge is 0.392 e. The second kappa shape index (κ2) is 5.93. The van der Waals surface area contributed by atoms with E-state index < -0.39 is 0 Å². The van der Waals surface area contributed by atoms with Gasteiger partial charge < -0.3 is 15.0 Å².